The molecule has 4 rings (SSSR count). The third-order valence-electron chi connectivity index (χ3n) is 6.68. The van der Waals surface area contributed by atoms with Gasteiger partial charge in [-0.05, 0) is 49.8 Å². The maximum Gasteiger partial charge on any atom is 0.242 e. The van der Waals surface area contributed by atoms with Gasteiger partial charge in [-0.15, -0.1) is 0 Å². The zero-order valence-corrected chi connectivity index (χ0v) is 17.2. The number of rotatable bonds is 5. The van der Waals surface area contributed by atoms with Crippen molar-refractivity contribution in [2.45, 2.75) is 51.0 Å². The molecule has 1 aromatic rings. The molecule has 3 fully saturated rings. The zero-order valence-electron chi connectivity index (χ0n) is 16.4. The molecule has 1 atom stereocenters. The molecule has 2 amide bonds. The van der Waals surface area contributed by atoms with Crippen LogP contribution in [-0.2, 0) is 9.59 Å². The lowest BCUT2D eigenvalue weighted by Crippen LogP contribution is -2.57. The van der Waals surface area contributed by atoms with E-state index in [1.54, 1.807) is 6.07 Å². The SMILES string of the molecule is O=C(Nc1cccc(Cl)c1)C(C1CCCC1)N1CCN(C(=O)C2CCC2)CC1. The number of nitrogens with zero attached hydrogens (tertiary/aromatic N) is 2. The Bertz CT molecular complexity index is 707. The summed E-state index contributed by atoms with van der Waals surface area (Å²) in [5.41, 5.74) is 0.749. The number of halogens is 1. The van der Waals surface area contributed by atoms with Gasteiger partial charge in [0.25, 0.3) is 0 Å². The highest BCUT2D eigenvalue weighted by molar-refractivity contribution is 6.30. The topological polar surface area (TPSA) is 52.7 Å². The van der Waals surface area contributed by atoms with Gasteiger partial charge in [-0.3, -0.25) is 14.5 Å². The minimum absolute atomic E-state index is 0.0629. The first kappa shape index (κ1) is 19.7. The fraction of sp³-hybridized carbons (Fsp3) is 0.636. The van der Waals surface area contributed by atoms with Gasteiger partial charge in [0.2, 0.25) is 11.8 Å². The monoisotopic (exact) mass is 403 g/mol. The fourth-order valence-electron chi connectivity index (χ4n) is 4.87. The predicted molar refractivity (Wildman–Crippen MR) is 111 cm³/mol. The van der Waals surface area contributed by atoms with Gasteiger partial charge in [-0.25, -0.2) is 0 Å². The van der Waals surface area contributed by atoms with Crippen molar-refractivity contribution in [3.63, 3.8) is 0 Å². The van der Waals surface area contributed by atoms with Crippen LogP contribution >= 0.6 is 11.6 Å². The summed E-state index contributed by atoms with van der Waals surface area (Å²) in [5, 5.41) is 3.71. The Morgan fingerprint density at radius 2 is 1.71 bits per heavy atom. The van der Waals surface area contributed by atoms with E-state index in [-0.39, 0.29) is 17.9 Å². The van der Waals surface area contributed by atoms with Crippen LogP contribution in [0.1, 0.15) is 44.9 Å². The van der Waals surface area contributed by atoms with Crippen molar-refractivity contribution < 1.29 is 9.59 Å². The first-order chi connectivity index (χ1) is 13.6. The van der Waals surface area contributed by atoms with Crippen LogP contribution in [0.25, 0.3) is 0 Å². The Morgan fingerprint density at radius 3 is 2.32 bits per heavy atom. The number of carbonyl (C=O) groups is 2. The lowest BCUT2D eigenvalue weighted by atomic mass is 9.84. The van der Waals surface area contributed by atoms with Gasteiger partial charge in [0.1, 0.15) is 0 Å². The van der Waals surface area contributed by atoms with Crippen LogP contribution in [0.3, 0.4) is 0 Å². The minimum Gasteiger partial charge on any atom is -0.340 e. The smallest absolute Gasteiger partial charge is 0.242 e. The molecule has 152 valence electrons. The molecule has 5 nitrogen and oxygen atoms in total. The summed E-state index contributed by atoms with van der Waals surface area (Å²) < 4.78 is 0. The summed E-state index contributed by atoms with van der Waals surface area (Å²) in [6, 6.07) is 7.21. The van der Waals surface area contributed by atoms with Crippen LogP contribution < -0.4 is 5.32 Å². The molecule has 3 aliphatic rings. The van der Waals surface area contributed by atoms with Crippen LogP contribution in [0.2, 0.25) is 5.02 Å². The molecule has 0 radical (unpaired) electrons. The minimum atomic E-state index is -0.123. The molecule has 2 aliphatic carbocycles. The van der Waals surface area contributed by atoms with E-state index in [1.165, 1.54) is 19.3 Å². The maximum atomic E-state index is 13.2. The van der Waals surface area contributed by atoms with Crippen LogP contribution in [-0.4, -0.2) is 53.8 Å². The molecule has 1 heterocycles. The molecule has 0 bridgehead atoms. The molecule has 0 aromatic heterocycles. The first-order valence-electron chi connectivity index (χ1n) is 10.7. The summed E-state index contributed by atoms with van der Waals surface area (Å²) >= 11 is 6.07. The number of piperazine rings is 1. The standard InChI is InChI=1S/C22H30ClN3O2/c23-18-9-4-10-19(15-18)24-21(27)20(16-5-1-2-6-16)25-11-13-26(14-12-25)22(28)17-7-3-8-17/h4,9-10,15-17,20H,1-3,5-8,11-14H2,(H,24,27). The summed E-state index contributed by atoms with van der Waals surface area (Å²) in [6.07, 6.45) is 7.89. The first-order valence-corrected chi connectivity index (χ1v) is 11.1. The van der Waals surface area contributed by atoms with Gasteiger partial charge >= 0.3 is 0 Å². The van der Waals surface area contributed by atoms with E-state index in [9.17, 15) is 9.59 Å². The van der Waals surface area contributed by atoms with Gasteiger partial charge in [0.05, 0.1) is 6.04 Å². The predicted octanol–water partition coefficient (Wildman–Crippen LogP) is 3.78. The van der Waals surface area contributed by atoms with E-state index < -0.39 is 0 Å². The van der Waals surface area contributed by atoms with Crippen LogP contribution in [0, 0.1) is 11.8 Å². The molecule has 1 unspecified atom stereocenters. The van der Waals surface area contributed by atoms with Crippen molar-refractivity contribution in [2.75, 3.05) is 31.5 Å². The number of hydrogen-bond donors (Lipinski definition) is 1. The Balaban J connectivity index is 1.41. The number of anilines is 1. The second-order valence-corrected chi connectivity index (χ2v) is 8.91. The average Bonchev–Trinajstić information content (AvgIpc) is 3.15. The zero-order chi connectivity index (χ0) is 19.5. The number of amides is 2. The molecule has 1 aromatic carbocycles. The van der Waals surface area contributed by atoms with Crippen LogP contribution in [0.5, 0.6) is 0 Å². The van der Waals surface area contributed by atoms with Gasteiger partial charge in [0.15, 0.2) is 0 Å². The molecule has 6 heteroatoms. The van der Waals surface area contributed by atoms with Gasteiger partial charge in [-0.1, -0.05) is 36.9 Å². The van der Waals surface area contributed by atoms with Crippen molar-refractivity contribution >= 4 is 29.1 Å². The Hall–Kier alpha value is -1.59. The Labute approximate surface area is 172 Å². The van der Waals surface area contributed by atoms with Crippen molar-refractivity contribution in [1.82, 2.24) is 9.80 Å². The molecule has 1 N–H and O–H groups in total. The molecule has 1 aliphatic heterocycles. The molecular formula is C22H30ClN3O2. The summed E-state index contributed by atoms with van der Waals surface area (Å²) in [7, 11) is 0. The third kappa shape index (κ3) is 4.36. The molecule has 28 heavy (non-hydrogen) atoms. The normalized spacial score (nSPS) is 22.7. The molecule has 1 saturated heterocycles. The Kier molecular flexibility index (Phi) is 6.22. The lowest BCUT2D eigenvalue weighted by Gasteiger charge is -2.42. The fourth-order valence-corrected chi connectivity index (χ4v) is 5.06. The van der Waals surface area contributed by atoms with E-state index >= 15 is 0 Å². The summed E-state index contributed by atoms with van der Waals surface area (Å²) in [5.74, 6) is 1.04. The third-order valence-corrected chi connectivity index (χ3v) is 6.92. The highest BCUT2D eigenvalue weighted by Crippen LogP contribution is 2.33. The van der Waals surface area contributed by atoms with E-state index in [0.717, 1.165) is 57.5 Å². The highest BCUT2D eigenvalue weighted by atomic mass is 35.5. The number of carbonyl (C=O) groups excluding carboxylic acids is 2. The van der Waals surface area contributed by atoms with E-state index in [0.29, 0.717) is 16.8 Å². The summed E-state index contributed by atoms with van der Waals surface area (Å²) in [6.45, 7) is 3.04. The van der Waals surface area contributed by atoms with Gasteiger partial charge in [-0.2, -0.15) is 0 Å². The second-order valence-electron chi connectivity index (χ2n) is 8.48. The van der Waals surface area contributed by atoms with Crippen molar-refractivity contribution in [3.05, 3.63) is 29.3 Å². The maximum absolute atomic E-state index is 13.2. The average molecular weight is 404 g/mol. The van der Waals surface area contributed by atoms with E-state index in [4.69, 9.17) is 11.6 Å². The van der Waals surface area contributed by atoms with Crippen molar-refractivity contribution in [3.8, 4) is 0 Å². The highest BCUT2D eigenvalue weighted by Gasteiger charge is 2.38. The van der Waals surface area contributed by atoms with Crippen LogP contribution in [0.15, 0.2) is 24.3 Å². The molecular weight excluding hydrogens is 374 g/mol. The van der Waals surface area contributed by atoms with E-state index in [1.807, 2.05) is 23.1 Å². The lowest BCUT2D eigenvalue weighted by molar-refractivity contribution is -0.140. The largest absolute Gasteiger partial charge is 0.340 e. The van der Waals surface area contributed by atoms with E-state index in [2.05, 4.69) is 10.2 Å². The summed E-state index contributed by atoms with van der Waals surface area (Å²) in [4.78, 5) is 30.1. The second kappa shape index (κ2) is 8.83. The van der Waals surface area contributed by atoms with Crippen LogP contribution in [0.4, 0.5) is 5.69 Å². The van der Waals surface area contributed by atoms with Gasteiger partial charge < -0.3 is 10.2 Å². The molecule has 0 spiro atoms. The van der Waals surface area contributed by atoms with Crippen molar-refractivity contribution in [1.29, 1.82) is 0 Å². The van der Waals surface area contributed by atoms with Gasteiger partial charge in [0, 0.05) is 42.8 Å². The molecule has 2 saturated carbocycles. The van der Waals surface area contributed by atoms with Crippen molar-refractivity contribution in [2.24, 2.45) is 11.8 Å². The quantitative estimate of drug-likeness (QED) is 0.813. The number of hydrogen-bond acceptors (Lipinski definition) is 3. The Morgan fingerprint density at radius 1 is 1.00 bits per heavy atom. The number of nitrogens with one attached hydrogen (secondary N) is 1. The number of benzene rings is 1.